The maximum atomic E-state index is 12.8. The van der Waals surface area contributed by atoms with Crippen molar-refractivity contribution in [1.29, 1.82) is 0 Å². The van der Waals surface area contributed by atoms with Gasteiger partial charge in [0.2, 0.25) is 0 Å². The van der Waals surface area contributed by atoms with E-state index >= 15 is 0 Å². The van der Waals surface area contributed by atoms with Crippen LogP contribution in [0, 0.1) is 5.92 Å². The van der Waals surface area contributed by atoms with Gasteiger partial charge < -0.3 is 10.2 Å². The molecule has 0 aliphatic carbocycles. The Kier molecular flexibility index (Phi) is 6.59. The molecule has 1 aromatic heterocycles. The molecule has 5 heteroatoms. The van der Waals surface area contributed by atoms with E-state index in [0.29, 0.717) is 29.7 Å². The lowest BCUT2D eigenvalue weighted by molar-refractivity contribution is 0.0735. The second-order valence-electron chi connectivity index (χ2n) is 5.75. The van der Waals surface area contributed by atoms with Crippen molar-refractivity contribution in [2.45, 2.75) is 47.0 Å². The summed E-state index contributed by atoms with van der Waals surface area (Å²) in [5.41, 5.74) is 1.16. The molecule has 1 atom stereocenters. The summed E-state index contributed by atoms with van der Waals surface area (Å²) < 4.78 is 0. The molecule has 0 aromatic carbocycles. The Bertz CT molecular complexity index is 473. The number of hydrogen-bond acceptors (Lipinski definition) is 4. The van der Waals surface area contributed by atoms with Crippen molar-refractivity contribution >= 4 is 11.6 Å². The van der Waals surface area contributed by atoms with Crippen LogP contribution in [0.3, 0.4) is 0 Å². The molecule has 0 spiro atoms. The molecule has 1 unspecified atom stereocenters. The van der Waals surface area contributed by atoms with Crippen LogP contribution >= 0.6 is 0 Å². The second-order valence-corrected chi connectivity index (χ2v) is 5.75. The third-order valence-electron chi connectivity index (χ3n) is 3.69. The predicted molar refractivity (Wildman–Crippen MR) is 86.7 cm³/mol. The fraction of sp³-hybridized carbons (Fsp3) is 0.688. The monoisotopic (exact) mass is 292 g/mol. The SMILES string of the molecule is CCC(C)CN(CC)C(=O)c1nc(C(C)C)ncc1NC. The highest BCUT2D eigenvalue weighted by Gasteiger charge is 2.22. The van der Waals surface area contributed by atoms with Crippen LogP contribution in [-0.2, 0) is 0 Å². The fourth-order valence-electron chi connectivity index (χ4n) is 2.03. The van der Waals surface area contributed by atoms with Crippen molar-refractivity contribution in [3.05, 3.63) is 17.7 Å². The molecular formula is C16H28N4O. The number of carbonyl (C=O) groups excluding carboxylic acids is 1. The van der Waals surface area contributed by atoms with Crippen LogP contribution in [0.4, 0.5) is 5.69 Å². The van der Waals surface area contributed by atoms with E-state index in [1.165, 1.54) is 0 Å². The average molecular weight is 292 g/mol. The van der Waals surface area contributed by atoms with E-state index in [0.717, 1.165) is 13.0 Å². The summed E-state index contributed by atoms with van der Waals surface area (Å²) in [7, 11) is 1.79. The van der Waals surface area contributed by atoms with Gasteiger partial charge in [-0.2, -0.15) is 0 Å². The molecule has 1 heterocycles. The van der Waals surface area contributed by atoms with E-state index in [4.69, 9.17) is 0 Å². The number of rotatable bonds is 7. The van der Waals surface area contributed by atoms with Gasteiger partial charge in [0, 0.05) is 26.1 Å². The van der Waals surface area contributed by atoms with Gasteiger partial charge in [0.05, 0.1) is 11.9 Å². The minimum atomic E-state index is -0.0218. The number of anilines is 1. The van der Waals surface area contributed by atoms with Gasteiger partial charge in [-0.05, 0) is 12.8 Å². The van der Waals surface area contributed by atoms with E-state index in [1.54, 1.807) is 13.2 Å². The van der Waals surface area contributed by atoms with Crippen molar-refractivity contribution in [2.75, 3.05) is 25.5 Å². The summed E-state index contributed by atoms with van der Waals surface area (Å²) in [5, 5.41) is 3.02. The van der Waals surface area contributed by atoms with Gasteiger partial charge in [-0.15, -0.1) is 0 Å². The highest BCUT2D eigenvalue weighted by Crippen LogP contribution is 2.18. The number of nitrogens with one attached hydrogen (secondary N) is 1. The molecule has 1 rings (SSSR count). The van der Waals surface area contributed by atoms with Gasteiger partial charge in [0.1, 0.15) is 5.82 Å². The Morgan fingerprint density at radius 3 is 2.48 bits per heavy atom. The molecule has 0 bridgehead atoms. The van der Waals surface area contributed by atoms with E-state index < -0.39 is 0 Å². The van der Waals surface area contributed by atoms with Crippen LogP contribution in [0.1, 0.15) is 63.3 Å². The van der Waals surface area contributed by atoms with Gasteiger partial charge in [-0.3, -0.25) is 4.79 Å². The zero-order valence-corrected chi connectivity index (χ0v) is 14.1. The number of hydrogen-bond donors (Lipinski definition) is 1. The lowest BCUT2D eigenvalue weighted by Crippen LogP contribution is -2.35. The summed E-state index contributed by atoms with van der Waals surface area (Å²) in [6.07, 6.45) is 2.76. The van der Waals surface area contributed by atoms with Gasteiger partial charge in [-0.25, -0.2) is 9.97 Å². The van der Waals surface area contributed by atoms with Crippen molar-refractivity contribution in [1.82, 2.24) is 14.9 Å². The topological polar surface area (TPSA) is 58.1 Å². The van der Waals surface area contributed by atoms with Crippen LogP contribution < -0.4 is 5.32 Å². The van der Waals surface area contributed by atoms with Crippen LogP contribution in [0.25, 0.3) is 0 Å². The van der Waals surface area contributed by atoms with Crippen molar-refractivity contribution in [3.63, 3.8) is 0 Å². The molecule has 0 radical (unpaired) electrons. The zero-order valence-electron chi connectivity index (χ0n) is 14.1. The quantitative estimate of drug-likeness (QED) is 0.838. The maximum Gasteiger partial charge on any atom is 0.274 e. The lowest BCUT2D eigenvalue weighted by atomic mass is 10.1. The summed E-state index contributed by atoms with van der Waals surface area (Å²) in [6.45, 7) is 11.8. The molecule has 5 nitrogen and oxygen atoms in total. The molecule has 0 aliphatic heterocycles. The van der Waals surface area contributed by atoms with Gasteiger partial charge in [-0.1, -0.05) is 34.1 Å². The lowest BCUT2D eigenvalue weighted by Gasteiger charge is -2.24. The third-order valence-corrected chi connectivity index (χ3v) is 3.69. The second kappa shape index (κ2) is 7.96. The van der Waals surface area contributed by atoms with E-state index in [-0.39, 0.29) is 11.8 Å². The number of carbonyl (C=O) groups is 1. The molecule has 21 heavy (non-hydrogen) atoms. The Hall–Kier alpha value is -1.65. The number of nitrogens with zero attached hydrogens (tertiary/aromatic N) is 3. The van der Waals surface area contributed by atoms with E-state index in [1.807, 2.05) is 25.7 Å². The van der Waals surface area contributed by atoms with E-state index in [2.05, 4.69) is 29.1 Å². The van der Waals surface area contributed by atoms with Crippen LogP contribution in [0.2, 0.25) is 0 Å². The first-order valence-corrected chi connectivity index (χ1v) is 7.78. The van der Waals surface area contributed by atoms with Crippen LogP contribution in [0.15, 0.2) is 6.20 Å². The minimum absolute atomic E-state index is 0.0218. The fourth-order valence-corrected chi connectivity index (χ4v) is 2.03. The molecule has 0 saturated heterocycles. The van der Waals surface area contributed by atoms with Crippen molar-refractivity contribution < 1.29 is 4.79 Å². The Morgan fingerprint density at radius 1 is 1.33 bits per heavy atom. The average Bonchev–Trinajstić information content (AvgIpc) is 2.50. The Morgan fingerprint density at radius 2 is 2.00 bits per heavy atom. The maximum absolute atomic E-state index is 12.8. The van der Waals surface area contributed by atoms with E-state index in [9.17, 15) is 4.79 Å². The van der Waals surface area contributed by atoms with Gasteiger partial charge in [0.15, 0.2) is 5.69 Å². The van der Waals surface area contributed by atoms with Gasteiger partial charge >= 0.3 is 0 Å². The first-order chi connectivity index (χ1) is 9.94. The third kappa shape index (κ3) is 4.41. The number of aromatic nitrogens is 2. The molecule has 118 valence electrons. The molecule has 0 aliphatic rings. The summed E-state index contributed by atoms with van der Waals surface area (Å²) >= 11 is 0. The van der Waals surface area contributed by atoms with Crippen molar-refractivity contribution in [2.24, 2.45) is 5.92 Å². The first-order valence-electron chi connectivity index (χ1n) is 7.78. The highest BCUT2D eigenvalue weighted by atomic mass is 16.2. The largest absolute Gasteiger partial charge is 0.385 e. The Balaban J connectivity index is 3.10. The predicted octanol–water partition coefficient (Wildman–Crippen LogP) is 3.15. The van der Waals surface area contributed by atoms with Crippen LogP contribution in [-0.4, -0.2) is 40.9 Å². The normalized spacial score (nSPS) is 12.3. The highest BCUT2D eigenvalue weighted by molar-refractivity contribution is 5.97. The number of amides is 1. The molecule has 1 N–H and O–H groups in total. The zero-order chi connectivity index (χ0) is 16.0. The van der Waals surface area contributed by atoms with Gasteiger partial charge in [0.25, 0.3) is 5.91 Å². The molecule has 1 amide bonds. The molecule has 1 aromatic rings. The molecule has 0 fully saturated rings. The first kappa shape index (κ1) is 17.4. The standard InChI is InChI=1S/C16H28N4O/c1-7-12(5)10-20(8-2)16(21)14-13(17-6)9-18-15(19-14)11(3)4/h9,11-12,17H,7-8,10H2,1-6H3. The summed E-state index contributed by atoms with van der Waals surface area (Å²) in [4.78, 5) is 23.4. The minimum Gasteiger partial charge on any atom is -0.385 e. The summed E-state index contributed by atoms with van der Waals surface area (Å²) in [6, 6.07) is 0. The smallest absolute Gasteiger partial charge is 0.274 e. The van der Waals surface area contributed by atoms with Crippen LogP contribution in [0.5, 0.6) is 0 Å². The summed E-state index contributed by atoms with van der Waals surface area (Å²) in [5.74, 6) is 1.37. The molecular weight excluding hydrogens is 264 g/mol. The molecule has 0 saturated carbocycles. The van der Waals surface area contributed by atoms with Crippen molar-refractivity contribution in [3.8, 4) is 0 Å². The Labute approximate surface area is 128 Å².